The molecule has 2 aliphatic rings. The van der Waals surface area contributed by atoms with Gasteiger partial charge in [-0.25, -0.2) is 13.8 Å². The Bertz CT molecular complexity index is 1120. The van der Waals surface area contributed by atoms with Gasteiger partial charge in [-0.2, -0.15) is 10.5 Å². The van der Waals surface area contributed by atoms with E-state index in [-0.39, 0.29) is 28.9 Å². The van der Waals surface area contributed by atoms with Crippen LogP contribution in [-0.4, -0.2) is 24.2 Å². The summed E-state index contributed by atoms with van der Waals surface area (Å²) in [6, 6.07) is 11.6. The molecular formula is C25H23F2N3O3. The Morgan fingerprint density at radius 1 is 1.06 bits per heavy atom. The van der Waals surface area contributed by atoms with Crippen molar-refractivity contribution in [1.29, 1.82) is 10.5 Å². The molecule has 2 aromatic carbocycles. The highest BCUT2D eigenvalue weighted by Crippen LogP contribution is 2.37. The van der Waals surface area contributed by atoms with E-state index in [1.807, 2.05) is 6.07 Å². The molecule has 1 amide bonds. The summed E-state index contributed by atoms with van der Waals surface area (Å²) >= 11 is 0. The molecule has 2 fully saturated rings. The molecule has 0 unspecified atom stereocenters. The van der Waals surface area contributed by atoms with Crippen molar-refractivity contribution in [2.45, 2.75) is 38.1 Å². The molecule has 0 bridgehead atoms. The van der Waals surface area contributed by atoms with Gasteiger partial charge in [0.1, 0.15) is 23.5 Å². The van der Waals surface area contributed by atoms with Crippen molar-refractivity contribution in [2.75, 3.05) is 13.2 Å². The zero-order valence-corrected chi connectivity index (χ0v) is 18.0. The van der Waals surface area contributed by atoms with Crippen LogP contribution in [0.15, 0.2) is 36.4 Å². The third kappa shape index (κ3) is 5.13. The Hall–Kier alpha value is -3.49. The summed E-state index contributed by atoms with van der Waals surface area (Å²) in [6.07, 6.45) is 3.49. The van der Waals surface area contributed by atoms with E-state index in [1.165, 1.54) is 35.4 Å². The van der Waals surface area contributed by atoms with Crippen LogP contribution in [0.2, 0.25) is 0 Å². The van der Waals surface area contributed by atoms with Gasteiger partial charge in [0, 0.05) is 18.4 Å². The number of nitrogens with zero attached hydrogens (tertiary/aromatic N) is 3. The lowest BCUT2D eigenvalue weighted by atomic mass is 9.81. The summed E-state index contributed by atoms with van der Waals surface area (Å²) in [6.45, 7) is 0.792. The van der Waals surface area contributed by atoms with Gasteiger partial charge in [-0.3, -0.25) is 9.63 Å². The minimum Gasteiger partial charge on any atom is -0.493 e. The third-order valence-electron chi connectivity index (χ3n) is 6.30. The first-order valence-corrected chi connectivity index (χ1v) is 11.0. The zero-order valence-electron chi connectivity index (χ0n) is 18.0. The first-order chi connectivity index (χ1) is 16.0. The second-order valence-electron chi connectivity index (χ2n) is 8.47. The Morgan fingerprint density at radius 2 is 1.85 bits per heavy atom. The van der Waals surface area contributed by atoms with E-state index in [0.29, 0.717) is 43.8 Å². The van der Waals surface area contributed by atoms with Gasteiger partial charge in [0.15, 0.2) is 0 Å². The molecular weight excluding hydrogens is 428 g/mol. The van der Waals surface area contributed by atoms with Crippen LogP contribution in [0.4, 0.5) is 8.78 Å². The molecule has 8 heteroatoms. The topological polar surface area (TPSA) is 86.3 Å². The van der Waals surface area contributed by atoms with Crippen LogP contribution in [0.1, 0.15) is 54.8 Å². The van der Waals surface area contributed by atoms with Crippen molar-refractivity contribution >= 4 is 5.91 Å². The smallest absolute Gasteiger partial charge is 0.249 e. The molecule has 0 spiro atoms. The number of ether oxygens (including phenoxy) is 1. The lowest BCUT2D eigenvalue weighted by Crippen LogP contribution is -2.37. The predicted octanol–water partition coefficient (Wildman–Crippen LogP) is 4.80. The normalized spacial score (nSPS) is 22.4. The SMILES string of the molecule is N#Cc1cc(F)cc([C@@H]2CCON2C(=O)C2CCC(COc3ccc(F)c(C#N)c3)CC2)c1. The Labute approximate surface area is 190 Å². The molecule has 0 aromatic heterocycles. The summed E-state index contributed by atoms with van der Waals surface area (Å²) in [5, 5.41) is 19.4. The maximum Gasteiger partial charge on any atom is 0.249 e. The second-order valence-corrected chi connectivity index (χ2v) is 8.47. The fraction of sp³-hybridized carbons (Fsp3) is 0.400. The summed E-state index contributed by atoms with van der Waals surface area (Å²) in [5.41, 5.74) is 0.727. The van der Waals surface area contributed by atoms with Gasteiger partial charge in [0.2, 0.25) is 5.91 Å². The molecule has 4 rings (SSSR count). The fourth-order valence-electron chi connectivity index (χ4n) is 4.51. The van der Waals surface area contributed by atoms with Gasteiger partial charge >= 0.3 is 0 Å². The average molecular weight is 451 g/mol. The average Bonchev–Trinajstić information content (AvgIpc) is 3.33. The second kappa shape index (κ2) is 9.97. The molecule has 0 N–H and O–H groups in total. The van der Waals surface area contributed by atoms with E-state index in [0.717, 1.165) is 12.8 Å². The van der Waals surface area contributed by atoms with Gasteiger partial charge in [0.25, 0.3) is 0 Å². The third-order valence-corrected chi connectivity index (χ3v) is 6.30. The quantitative estimate of drug-likeness (QED) is 0.652. The maximum atomic E-state index is 13.9. The highest BCUT2D eigenvalue weighted by Gasteiger charge is 2.37. The van der Waals surface area contributed by atoms with Crippen LogP contribution in [0.3, 0.4) is 0 Å². The summed E-state index contributed by atoms with van der Waals surface area (Å²) < 4.78 is 33.1. The highest BCUT2D eigenvalue weighted by molar-refractivity contribution is 5.78. The molecule has 1 aliphatic heterocycles. The summed E-state index contributed by atoms with van der Waals surface area (Å²) in [4.78, 5) is 18.8. The van der Waals surface area contributed by atoms with Crippen LogP contribution in [0.5, 0.6) is 5.75 Å². The number of carbonyl (C=O) groups is 1. The van der Waals surface area contributed by atoms with Crippen LogP contribution < -0.4 is 4.74 Å². The number of carbonyl (C=O) groups excluding carboxylic acids is 1. The molecule has 170 valence electrons. The molecule has 1 saturated heterocycles. The minimum absolute atomic E-state index is 0.0536. The molecule has 0 radical (unpaired) electrons. The molecule has 1 atom stereocenters. The van der Waals surface area contributed by atoms with E-state index in [2.05, 4.69) is 0 Å². The first kappa shape index (κ1) is 22.7. The van der Waals surface area contributed by atoms with E-state index in [9.17, 15) is 13.6 Å². The Kier molecular flexibility index (Phi) is 6.86. The van der Waals surface area contributed by atoms with E-state index in [1.54, 1.807) is 12.1 Å². The van der Waals surface area contributed by atoms with Crippen molar-refractivity contribution in [3.63, 3.8) is 0 Å². The minimum atomic E-state index is -0.576. The van der Waals surface area contributed by atoms with Crippen molar-refractivity contribution in [2.24, 2.45) is 11.8 Å². The number of hydroxylamine groups is 2. The summed E-state index contributed by atoms with van der Waals surface area (Å²) in [7, 11) is 0. The Balaban J connectivity index is 1.33. The molecule has 1 heterocycles. The number of benzene rings is 2. The number of amides is 1. The van der Waals surface area contributed by atoms with Gasteiger partial charge in [-0.1, -0.05) is 0 Å². The standard InChI is InChI=1S/C25H23F2N3O3/c26-21-10-17(13-28)9-19(11-21)24-7-8-33-30(24)25(31)18-3-1-16(2-4-18)15-32-22-5-6-23(27)20(12-22)14-29/h5-6,9-12,16,18,24H,1-4,7-8,15H2/t16?,18?,24-/m0/s1. The number of nitriles is 2. The lowest BCUT2D eigenvalue weighted by molar-refractivity contribution is -0.183. The fourth-order valence-corrected chi connectivity index (χ4v) is 4.51. The van der Waals surface area contributed by atoms with Crippen LogP contribution in [0, 0.1) is 46.1 Å². The maximum absolute atomic E-state index is 13.9. The zero-order chi connectivity index (χ0) is 23.4. The summed E-state index contributed by atoms with van der Waals surface area (Å²) in [5.74, 6) is -0.688. The number of halogens is 2. The van der Waals surface area contributed by atoms with Crippen molar-refractivity contribution in [1.82, 2.24) is 5.06 Å². The van der Waals surface area contributed by atoms with Gasteiger partial charge in [-0.15, -0.1) is 0 Å². The number of hydrogen-bond acceptors (Lipinski definition) is 5. The molecule has 1 aliphatic carbocycles. The van der Waals surface area contributed by atoms with Gasteiger partial charge < -0.3 is 4.74 Å². The monoisotopic (exact) mass is 451 g/mol. The molecule has 2 aromatic rings. The number of rotatable bonds is 5. The predicted molar refractivity (Wildman–Crippen MR) is 113 cm³/mol. The Morgan fingerprint density at radius 3 is 2.58 bits per heavy atom. The van der Waals surface area contributed by atoms with Gasteiger partial charge in [-0.05, 0) is 67.5 Å². The highest BCUT2D eigenvalue weighted by atomic mass is 19.1. The van der Waals surface area contributed by atoms with E-state index >= 15 is 0 Å². The number of hydrogen-bond donors (Lipinski definition) is 0. The molecule has 33 heavy (non-hydrogen) atoms. The molecule has 6 nitrogen and oxygen atoms in total. The van der Waals surface area contributed by atoms with Crippen LogP contribution in [-0.2, 0) is 9.63 Å². The largest absolute Gasteiger partial charge is 0.493 e. The van der Waals surface area contributed by atoms with Crippen molar-refractivity contribution < 1.29 is 23.1 Å². The molecule has 1 saturated carbocycles. The van der Waals surface area contributed by atoms with Crippen LogP contribution in [0.25, 0.3) is 0 Å². The van der Waals surface area contributed by atoms with Gasteiger partial charge in [0.05, 0.1) is 36.5 Å². The van der Waals surface area contributed by atoms with E-state index in [4.69, 9.17) is 20.1 Å². The first-order valence-electron chi connectivity index (χ1n) is 11.0. The van der Waals surface area contributed by atoms with Crippen LogP contribution >= 0.6 is 0 Å². The van der Waals surface area contributed by atoms with E-state index < -0.39 is 17.7 Å². The van der Waals surface area contributed by atoms with Crippen molar-refractivity contribution in [3.05, 3.63) is 64.7 Å². The van der Waals surface area contributed by atoms with Crippen molar-refractivity contribution in [3.8, 4) is 17.9 Å². The lowest BCUT2D eigenvalue weighted by Gasteiger charge is -2.32.